The smallest absolute Gasteiger partial charge is 0.319 e. The number of carbonyl (C=O) groups excluding carboxylic acids is 1. The fraction of sp³-hybridized carbons (Fsp3) is 0.500. The number of halogens is 1. The Morgan fingerprint density at radius 2 is 2.15 bits per heavy atom. The maximum atomic E-state index is 11.8. The van der Waals surface area contributed by atoms with E-state index in [1.165, 1.54) is 0 Å². The molecule has 1 aliphatic heterocycles. The van der Waals surface area contributed by atoms with Crippen LogP contribution in [0.3, 0.4) is 0 Å². The lowest BCUT2D eigenvalue weighted by atomic mass is 10.2. The first kappa shape index (κ1) is 15.1. The van der Waals surface area contributed by atoms with Gasteiger partial charge in [0.25, 0.3) is 0 Å². The summed E-state index contributed by atoms with van der Waals surface area (Å²) in [7, 11) is 0. The highest BCUT2D eigenvalue weighted by molar-refractivity contribution is 6.31. The third-order valence-corrected chi connectivity index (χ3v) is 3.50. The molecular weight excluding hydrogens is 278 g/mol. The lowest BCUT2D eigenvalue weighted by molar-refractivity contribution is 0.0388. The second-order valence-corrected chi connectivity index (χ2v) is 5.23. The number of hydrogen-bond acceptors (Lipinski definition) is 3. The molecule has 0 radical (unpaired) electrons. The molecule has 2 N–H and O–H groups in total. The molecule has 0 spiro atoms. The molecule has 110 valence electrons. The number of urea groups is 1. The number of amides is 2. The number of benzene rings is 1. The van der Waals surface area contributed by atoms with E-state index in [-0.39, 0.29) is 6.03 Å². The molecule has 6 heteroatoms. The Hall–Kier alpha value is -1.30. The Balaban J connectivity index is 1.73. The summed E-state index contributed by atoms with van der Waals surface area (Å²) in [6, 6.07) is 5.23. The van der Waals surface area contributed by atoms with E-state index in [2.05, 4.69) is 15.5 Å². The van der Waals surface area contributed by atoms with Gasteiger partial charge in [-0.25, -0.2) is 4.79 Å². The number of nitrogens with one attached hydrogen (secondary N) is 2. The van der Waals surface area contributed by atoms with Crippen molar-refractivity contribution in [1.29, 1.82) is 0 Å². The van der Waals surface area contributed by atoms with Gasteiger partial charge in [0.2, 0.25) is 0 Å². The Labute approximate surface area is 124 Å². The van der Waals surface area contributed by atoms with Crippen LogP contribution in [0.1, 0.15) is 5.56 Å². The molecule has 1 aromatic rings. The summed E-state index contributed by atoms with van der Waals surface area (Å²) in [5.74, 6) is 0. The van der Waals surface area contributed by atoms with Crippen LogP contribution in [0.4, 0.5) is 10.5 Å². The van der Waals surface area contributed by atoms with E-state index in [0.717, 1.165) is 44.1 Å². The molecule has 20 heavy (non-hydrogen) atoms. The van der Waals surface area contributed by atoms with Crippen molar-refractivity contribution in [3.8, 4) is 0 Å². The minimum Gasteiger partial charge on any atom is -0.379 e. The van der Waals surface area contributed by atoms with Gasteiger partial charge in [-0.05, 0) is 24.6 Å². The van der Waals surface area contributed by atoms with E-state index in [9.17, 15) is 4.79 Å². The predicted molar refractivity (Wildman–Crippen MR) is 80.5 cm³/mol. The van der Waals surface area contributed by atoms with Crippen LogP contribution in [0, 0.1) is 6.92 Å². The normalized spacial score (nSPS) is 15.9. The second kappa shape index (κ2) is 7.47. The minimum atomic E-state index is -0.205. The van der Waals surface area contributed by atoms with Crippen LogP contribution in [0.2, 0.25) is 5.02 Å². The number of nitrogens with zero attached hydrogens (tertiary/aromatic N) is 1. The molecule has 1 fully saturated rings. The Morgan fingerprint density at radius 3 is 2.90 bits per heavy atom. The average Bonchev–Trinajstić information content (AvgIpc) is 2.44. The topological polar surface area (TPSA) is 53.6 Å². The van der Waals surface area contributed by atoms with Crippen molar-refractivity contribution in [3.05, 3.63) is 28.8 Å². The van der Waals surface area contributed by atoms with Crippen LogP contribution in [0.5, 0.6) is 0 Å². The molecule has 1 aliphatic rings. The summed E-state index contributed by atoms with van der Waals surface area (Å²) in [4.78, 5) is 14.1. The number of carbonyl (C=O) groups is 1. The van der Waals surface area contributed by atoms with Gasteiger partial charge >= 0.3 is 6.03 Å². The lowest BCUT2D eigenvalue weighted by Crippen LogP contribution is -2.42. The highest BCUT2D eigenvalue weighted by Gasteiger charge is 2.10. The zero-order valence-corrected chi connectivity index (χ0v) is 12.4. The molecule has 1 heterocycles. The number of hydrogen-bond donors (Lipinski definition) is 2. The van der Waals surface area contributed by atoms with Crippen LogP contribution in [0.25, 0.3) is 0 Å². The number of ether oxygens (including phenoxy) is 1. The highest BCUT2D eigenvalue weighted by atomic mass is 35.5. The fourth-order valence-electron chi connectivity index (χ4n) is 2.05. The van der Waals surface area contributed by atoms with Crippen molar-refractivity contribution in [2.75, 3.05) is 44.7 Å². The number of anilines is 1. The van der Waals surface area contributed by atoms with Crippen LogP contribution in [-0.2, 0) is 4.74 Å². The molecule has 2 rings (SSSR count). The zero-order chi connectivity index (χ0) is 14.4. The minimum absolute atomic E-state index is 0.205. The molecule has 0 atom stereocenters. The Bertz CT molecular complexity index is 462. The Kier molecular flexibility index (Phi) is 5.64. The third-order valence-electron chi connectivity index (χ3n) is 3.27. The molecule has 0 aliphatic carbocycles. The largest absolute Gasteiger partial charge is 0.379 e. The van der Waals surface area contributed by atoms with Crippen LogP contribution >= 0.6 is 11.6 Å². The SMILES string of the molecule is Cc1ccc(Cl)cc1NC(=O)NCCN1CCOCC1. The first-order valence-corrected chi connectivity index (χ1v) is 7.14. The summed E-state index contributed by atoms with van der Waals surface area (Å²) in [6.07, 6.45) is 0. The van der Waals surface area contributed by atoms with Gasteiger partial charge in [-0.2, -0.15) is 0 Å². The maximum absolute atomic E-state index is 11.8. The summed E-state index contributed by atoms with van der Waals surface area (Å²) < 4.78 is 5.28. The van der Waals surface area contributed by atoms with Crippen LogP contribution in [-0.4, -0.2) is 50.3 Å². The van der Waals surface area contributed by atoms with Crippen molar-refractivity contribution in [1.82, 2.24) is 10.2 Å². The van der Waals surface area contributed by atoms with Gasteiger partial charge in [0, 0.05) is 36.9 Å². The van der Waals surface area contributed by atoms with E-state index in [1.807, 2.05) is 13.0 Å². The van der Waals surface area contributed by atoms with Crippen LogP contribution in [0.15, 0.2) is 18.2 Å². The first-order chi connectivity index (χ1) is 9.65. The lowest BCUT2D eigenvalue weighted by Gasteiger charge is -2.26. The predicted octanol–water partition coefficient (Wildman–Crippen LogP) is 2.10. The molecule has 5 nitrogen and oxygen atoms in total. The second-order valence-electron chi connectivity index (χ2n) is 4.79. The van der Waals surface area contributed by atoms with E-state index < -0.39 is 0 Å². The molecule has 1 saturated heterocycles. The molecule has 0 unspecified atom stereocenters. The first-order valence-electron chi connectivity index (χ1n) is 6.76. The fourth-order valence-corrected chi connectivity index (χ4v) is 2.22. The van der Waals surface area contributed by atoms with Crippen molar-refractivity contribution in [2.24, 2.45) is 0 Å². The summed E-state index contributed by atoms with van der Waals surface area (Å²) >= 11 is 5.92. The highest BCUT2D eigenvalue weighted by Crippen LogP contribution is 2.19. The molecule has 1 aromatic carbocycles. The molecule has 0 saturated carbocycles. The quantitative estimate of drug-likeness (QED) is 0.895. The average molecular weight is 298 g/mol. The van der Waals surface area contributed by atoms with Crippen molar-refractivity contribution in [2.45, 2.75) is 6.92 Å². The summed E-state index contributed by atoms with van der Waals surface area (Å²) in [6.45, 7) is 6.78. The zero-order valence-electron chi connectivity index (χ0n) is 11.6. The third kappa shape index (κ3) is 4.67. The summed E-state index contributed by atoms with van der Waals surface area (Å²) in [5.41, 5.74) is 1.72. The Morgan fingerprint density at radius 1 is 1.40 bits per heavy atom. The van der Waals surface area contributed by atoms with Crippen molar-refractivity contribution < 1.29 is 9.53 Å². The van der Waals surface area contributed by atoms with E-state index in [0.29, 0.717) is 11.6 Å². The monoisotopic (exact) mass is 297 g/mol. The van der Waals surface area contributed by atoms with Crippen molar-refractivity contribution in [3.63, 3.8) is 0 Å². The van der Waals surface area contributed by atoms with Gasteiger partial charge in [0.05, 0.1) is 13.2 Å². The molecule has 0 aromatic heterocycles. The van der Waals surface area contributed by atoms with Gasteiger partial charge in [-0.3, -0.25) is 4.90 Å². The van der Waals surface area contributed by atoms with Gasteiger partial charge in [-0.15, -0.1) is 0 Å². The van der Waals surface area contributed by atoms with E-state index in [1.54, 1.807) is 12.1 Å². The van der Waals surface area contributed by atoms with Gasteiger partial charge in [0.15, 0.2) is 0 Å². The summed E-state index contributed by atoms with van der Waals surface area (Å²) in [5, 5.41) is 6.27. The van der Waals surface area contributed by atoms with Gasteiger partial charge in [0.1, 0.15) is 0 Å². The maximum Gasteiger partial charge on any atom is 0.319 e. The number of aryl methyl sites for hydroxylation is 1. The van der Waals surface area contributed by atoms with Crippen LogP contribution < -0.4 is 10.6 Å². The molecule has 2 amide bonds. The standard InChI is InChI=1S/C14H20ClN3O2/c1-11-2-3-12(15)10-13(11)17-14(19)16-4-5-18-6-8-20-9-7-18/h2-3,10H,4-9H2,1H3,(H2,16,17,19). The van der Waals surface area contributed by atoms with E-state index in [4.69, 9.17) is 16.3 Å². The molecule has 0 bridgehead atoms. The van der Waals surface area contributed by atoms with Gasteiger partial charge < -0.3 is 15.4 Å². The van der Waals surface area contributed by atoms with Gasteiger partial charge in [-0.1, -0.05) is 17.7 Å². The van der Waals surface area contributed by atoms with E-state index >= 15 is 0 Å². The van der Waals surface area contributed by atoms with Crippen molar-refractivity contribution >= 4 is 23.3 Å². The number of rotatable bonds is 4. The molecular formula is C14H20ClN3O2. The number of morpholine rings is 1.